The first-order valence-electron chi connectivity index (χ1n) is 16.7. The Morgan fingerprint density at radius 1 is 0.878 bits per heavy atom. The number of rotatable bonds is 7. The summed E-state index contributed by atoms with van der Waals surface area (Å²) in [5, 5.41) is 21.5. The molecule has 0 heterocycles. The van der Waals surface area contributed by atoms with Crippen molar-refractivity contribution in [3.8, 4) is 0 Å². The molecule has 1 aromatic rings. The summed E-state index contributed by atoms with van der Waals surface area (Å²) < 4.78 is 34.0. The van der Waals surface area contributed by atoms with Crippen molar-refractivity contribution in [2.75, 3.05) is 7.11 Å². The topological polar surface area (TPSA) is 83.8 Å². The van der Waals surface area contributed by atoms with Crippen LogP contribution in [0.4, 0.5) is 0 Å². The van der Waals surface area contributed by atoms with Gasteiger partial charge in [-0.25, -0.2) is 8.42 Å². The highest BCUT2D eigenvalue weighted by atomic mass is 32.2. The maximum absolute atomic E-state index is 14.2. The van der Waals surface area contributed by atoms with Gasteiger partial charge in [0.2, 0.25) is 0 Å². The molecule has 5 nitrogen and oxygen atoms in total. The first-order chi connectivity index (χ1) is 19.5. The lowest BCUT2D eigenvalue weighted by Gasteiger charge is -2.61. The zero-order chi connectivity index (χ0) is 29.0. The number of fused-ring (bicyclic) bond motifs is 5. The predicted octanol–water partition coefficient (Wildman–Crippen LogP) is 6.95. The second-order valence-electron chi connectivity index (χ2n) is 15.5. The Labute approximate surface area is 248 Å². The van der Waals surface area contributed by atoms with Crippen LogP contribution in [0.15, 0.2) is 35.2 Å². The lowest BCUT2D eigenvalue weighted by Crippen LogP contribution is -2.54. The van der Waals surface area contributed by atoms with E-state index in [1.165, 1.54) is 32.1 Å². The highest BCUT2D eigenvalue weighted by molar-refractivity contribution is 7.92. The molecule has 0 saturated heterocycles. The van der Waals surface area contributed by atoms with Crippen molar-refractivity contribution in [3.63, 3.8) is 0 Å². The van der Waals surface area contributed by atoms with Gasteiger partial charge in [-0.2, -0.15) is 0 Å². The molecule has 9 unspecified atom stereocenters. The van der Waals surface area contributed by atoms with Gasteiger partial charge in [0.05, 0.1) is 28.0 Å². The molecule has 230 valence electrons. The molecule has 0 aromatic heterocycles. The number of hydrogen-bond acceptors (Lipinski definition) is 5. The maximum Gasteiger partial charge on any atom is 0.181 e. The van der Waals surface area contributed by atoms with E-state index in [0.717, 1.165) is 50.4 Å². The van der Waals surface area contributed by atoms with Gasteiger partial charge in [-0.1, -0.05) is 32.0 Å². The average Bonchev–Trinajstić information content (AvgIpc) is 3.30. The van der Waals surface area contributed by atoms with Crippen LogP contribution in [-0.2, 0) is 14.6 Å². The third-order valence-electron chi connectivity index (χ3n) is 13.7. The van der Waals surface area contributed by atoms with Crippen molar-refractivity contribution in [1.29, 1.82) is 0 Å². The van der Waals surface area contributed by atoms with Gasteiger partial charge in [0, 0.05) is 7.11 Å². The molecule has 5 aliphatic rings. The minimum Gasteiger partial charge on any atom is -0.393 e. The van der Waals surface area contributed by atoms with Gasteiger partial charge in [-0.3, -0.25) is 0 Å². The first-order valence-corrected chi connectivity index (χ1v) is 18.3. The molecular weight excluding hydrogens is 532 g/mol. The third kappa shape index (κ3) is 5.36. The summed E-state index contributed by atoms with van der Waals surface area (Å²) in [6.07, 6.45) is 14.2. The Kier molecular flexibility index (Phi) is 8.22. The number of benzene rings is 1. The van der Waals surface area contributed by atoms with Gasteiger partial charge in [0.15, 0.2) is 9.84 Å². The minimum absolute atomic E-state index is 0.114. The van der Waals surface area contributed by atoms with Crippen LogP contribution in [0.25, 0.3) is 0 Å². The summed E-state index contributed by atoms with van der Waals surface area (Å²) in [5.41, 5.74) is -0.430. The largest absolute Gasteiger partial charge is 0.393 e. The standard InChI is InChI=1S/C35H54O5S/c1-33-17-13-26(36)21-24(33)9-11-30-31-12-10-25(34(31,2)18-16-32(30)33)22-29(41(38,39)28-7-5-4-6-8-28)23-35(37)19-14-27(40-3)15-20-35/h4-8,24-27,29-32,36-37H,9-23H2,1-3H3. The summed E-state index contributed by atoms with van der Waals surface area (Å²) in [6.45, 7) is 5.03. The monoisotopic (exact) mass is 586 g/mol. The van der Waals surface area contributed by atoms with Gasteiger partial charge in [-0.05, 0) is 149 Å². The van der Waals surface area contributed by atoms with Crippen LogP contribution in [0.5, 0.6) is 0 Å². The van der Waals surface area contributed by atoms with Crippen molar-refractivity contribution < 1.29 is 23.4 Å². The quantitative estimate of drug-likeness (QED) is 0.361. The smallest absolute Gasteiger partial charge is 0.181 e. The van der Waals surface area contributed by atoms with E-state index in [-0.39, 0.29) is 17.6 Å². The SMILES string of the molecule is COC1CCC(O)(CC(CC2CCC3C4CCC5CC(O)CCC5(C)C4CCC23C)S(=O)(=O)c2ccccc2)CC1. The molecule has 41 heavy (non-hydrogen) atoms. The van der Waals surface area contributed by atoms with E-state index in [1.807, 2.05) is 18.2 Å². The van der Waals surface area contributed by atoms with Gasteiger partial charge >= 0.3 is 0 Å². The van der Waals surface area contributed by atoms with E-state index >= 15 is 0 Å². The molecule has 0 bridgehead atoms. The third-order valence-corrected chi connectivity index (χ3v) is 15.9. The van der Waals surface area contributed by atoms with E-state index in [4.69, 9.17) is 4.74 Å². The fraction of sp³-hybridized carbons (Fsp3) is 0.829. The van der Waals surface area contributed by atoms with Gasteiger partial charge < -0.3 is 14.9 Å². The lowest BCUT2D eigenvalue weighted by molar-refractivity contribution is -0.127. The number of hydrogen-bond donors (Lipinski definition) is 2. The summed E-state index contributed by atoms with van der Waals surface area (Å²) in [5.74, 6) is 3.16. The van der Waals surface area contributed by atoms with E-state index in [0.29, 0.717) is 53.7 Å². The molecule has 0 aliphatic heterocycles. The minimum atomic E-state index is -3.58. The van der Waals surface area contributed by atoms with E-state index in [9.17, 15) is 18.6 Å². The zero-order valence-corrected chi connectivity index (χ0v) is 26.5. The number of methoxy groups -OCH3 is 1. The average molecular weight is 587 g/mol. The number of sulfone groups is 1. The lowest BCUT2D eigenvalue weighted by atomic mass is 9.44. The van der Waals surface area contributed by atoms with E-state index in [1.54, 1.807) is 19.2 Å². The van der Waals surface area contributed by atoms with Gasteiger partial charge in [0.25, 0.3) is 0 Å². The summed E-state index contributed by atoms with van der Waals surface area (Å²) in [7, 11) is -1.85. The van der Waals surface area contributed by atoms with Crippen LogP contribution in [0, 0.1) is 40.4 Å². The molecular formula is C35H54O5S. The Bertz CT molecular complexity index is 1160. The van der Waals surface area contributed by atoms with Crippen LogP contribution < -0.4 is 0 Å². The fourth-order valence-electron chi connectivity index (χ4n) is 11.2. The molecule has 6 heteroatoms. The second kappa shape index (κ2) is 11.2. The van der Waals surface area contributed by atoms with Crippen LogP contribution in [-0.4, -0.2) is 48.8 Å². The fourth-order valence-corrected chi connectivity index (χ4v) is 13.1. The van der Waals surface area contributed by atoms with Crippen LogP contribution in [0.2, 0.25) is 0 Å². The molecule has 0 radical (unpaired) electrons. The van der Waals surface area contributed by atoms with Crippen molar-refractivity contribution in [2.45, 2.75) is 138 Å². The van der Waals surface area contributed by atoms with Crippen LogP contribution in [0.1, 0.15) is 110 Å². The van der Waals surface area contributed by atoms with E-state index < -0.39 is 20.7 Å². The highest BCUT2D eigenvalue weighted by Crippen LogP contribution is 2.68. The summed E-state index contributed by atoms with van der Waals surface area (Å²) in [4.78, 5) is 0.397. The molecule has 5 aliphatic carbocycles. The normalized spacial score (nSPS) is 45.3. The summed E-state index contributed by atoms with van der Waals surface area (Å²) >= 11 is 0. The molecule has 1 aromatic carbocycles. The van der Waals surface area contributed by atoms with Crippen molar-refractivity contribution in [2.24, 2.45) is 40.4 Å². The van der Waals surface area contributed by atoms with Crippen molar-refractivity contribution in [3.05, 3.63) is 30.3 Å². The van der Waals surface area contributed by atoms with E-state index in [2.05, 4.69) is 13.8 Å². The van der Waals surface area contributed by atoms with Crippen molar-refractivity contribution >= 4 is 9.84 Å². The molecule has 6 rings (SSSR count). The Balaban J connectivity index is 1.24. The van der Waals surface area contributed by atoms with Gasteiger partial charge in [0.1, 0.15) is 0 Å². The first kappa shape index (κ1) is 30.1. The van der Waals surface area contributed by atoms with Crippen LogP contribution >= 0.6 is 0 Å². The molecule has 0 amide bonds. The molecule has 0 spiro atoms. The molecule has 5 saturated carbocycles. The molecule has 2 N–H and O–H groups in total. The van der Waals surface area contributed by atoms with Crippen LogP contribution in [0.3, 0.4) is 0 Å². The second-order valence-corrected chi connectivity index (χ2v) is 17.7. The predicted molar refractivity (Wildman–Crippen MR) is 162 cm³/mol. The Morgan fingerprint density at radius 2 is 1.56 bits per heavy atom. The highest BCUT2D eigenvalue weighted by Gasteiger charge is 2.60. The van der Waals surface area contributed by atoms with Crippen molar-refractivity contribution in [1.82, 2.24) is 0 Å². The zero-order valence-electron chi connectivity index (χ0n) is 25.6. The Morgan fingerprint density at radius 3 is 2.27 bits per heavy atom. The number of aliphatic hydroxyl groups is 2. The number of ether oxygens (including phenoxy) is 1. The Hall–Kier alpha value is -0.950. The summed E-state index contributed by atoms with van der Waals surface area (Å²) in [6, 6.07) is 8.98. The maximum atomic E-state index is 14.2. The molecule has 5 fully saturated rings. The molecule has 9 atom stereocenters. The van der Waals surface area contributed by atoms with Gasteiger partial charge in [-0.15, -0.1) is 0 Å². The number of aliphatic hydroxyl groups excluding tert-OH is 1.